The molecule has 2 amide bonds. The fourth-order valence-corrected chi connectivity index (χ4v) is 3.28. The smallest absolute Gasteiger partial charge is 0.323 e. The SMILES string of the molecule is CCc1cccc(NC(=O)Nc2ccc(-c3cccc4[nH]nc(N)c34)cc2F)c1. The van der Waals surface area contributed by atoms with Gasteiger partial charge in [-0.05, 0) is 53.4 Å². The number of aromatic amines is 1. The molecule has 0 radical (unpaired) electrons. The Bertz CT molecular complexity index is 1200. The van der Waals surface area contributed by atoms with E-state index < -0.39 is 11.8 Å². The molecule has 0 atom stereocenters. The molecule has 146 valence electrons. The Labute approximate surface area is 166 Å². The number of halogens is 1. The van der Waals surface area contributed by atoms with Gasteiger partial charge in [-0.3, -0.25) is 5.10 Å². The largest absolute Gasteiger partial charge is 0.382 e. The number of nitrogen functional groups attached to an aromatic ring is 1. The Morgan fingerprint density at radius 1 is 1.10 bits per heavy atom. The highest BCUT2D eigenvalue weighted by Gasteiger charge is 2.13. The van der Waals surface area contributed by atoms with Crippen molar-refractivity contribution in [1.29, 1.82) is 0 Å². The standard InChI is InChI=1S/C22H20FN5O/c1-2-13-5-3-6-15(11-13)25-22(29)26-18-10-9-14(12-17(18)23)16-7-4-8-19-20(16)21(24)28-27-19/h3-12H,2H2,1H3,(H3,24,27,28)(H2,25,26,29). The second kappa shape index (κ2) is 7.63. The maximum absolute atomic E-state index is 14.7. The molecular formula is C22H20FN5O. The molecule has 3 aromatic carbocycles. The van der Waals surface area contributed by atoms with Gasteiger partial charge < -0.3 is 16.4 Å². The van der Waals surface area contributed by atoms with Crippen LogP contribution in [0, 0.1) is 5.82 Å². The molecule has 1 aromatic heterocycles. The number of benzene rings is 3. The number of hydrogen-bond acceptors (Lipinski definition) is 3. The Morgan fingerprint density at radius 2 is 1.93 bits per heavy atom. The summed E-state index contributed by atoms with van der Waals surface area (Å²) in [4.78, 5) is 12.3. The summed E-state index contributed by atoms with van der Waals surface area (Å²) >= 11 is 0. The van der Waals surface area contributed by atoms with E-state index in [1.165, 1.54) is 12.1 Å². The molecule has 29 heavy (non-hydrogen) atoms. The van der Waals surface area contributed by atoms with Crippen molar-refractivity contribution < 1.29 is 9.18 Å². The van der Waals surface area contributed by atoms with Gasteiger partial charge >= 0.3 is 6.03 Å². The molecule has 0 aliphatic heterocycles. The third-order valence-electron chi connectivity index (χ3n) is 4.74. The Hall–Kier alpha value is -3.87. The summed E-state index contributed by atoms with van der Waals surface area (Å²) in [5.41, 5.74) is 9.97. The highest BCUT2D eigenvalue weighted by atomic mass is 19.1. The van der Waals surface area contributed by atoms with Gasteiger partial charge in [0.15, 0.2) is 5.82 Å². The average Bonchev–Trinajstić information content (AvgIpc) is 3.11. The van der Waals surface area contributed by atoms with Gasteiger partial charge in [0.2, 0.25) is 0 Å². The average molecular weight is 389 g/mol. The molecule has 4 aromatic rings. The summed E-state index contributed by atoms with van der Waals surface area (Å²) in [6, 6.07) is 17.2. The molecular weight excluding hydrogens is 369 g/mol. The van der Waals surface area contributed by atoms with Crippen molar-refractivity contribution >= 4 is 34.1 Å². The third-order valence-corrected chi connectivity index (χ3v) is 4.74. The van der Waals surface area contributed by atoms with Crippen LogP contribution in [0.25, 0.3) is 22.0 Å². The molecule has 1 heterocycles. The number of urea groups is 1. The van der Waals surface area contributed by atoms with Gasteiger partial charge in [-0.15, -0.1) is 0 Å². The normalized spacial score (nSPS) is 10.8. The second-order valence-electron chi connectivity index (χ2n) is 6.66. The van der Waals surface area contributed by atoms with Crippen LogP contribution in [0.2, 0.25) is 0 Å². The van der Waals surface area contributed by atoms with Gasteiger partial charge in [-0.2, -0.15) is 5.10 Å². The number of nitrogens with two attached hydrogens (primary N) is 1. The maximum Gasteiger partial charge on any atom is 0.323 e. The van der Waals surface area contributed by atoms with E-state index in [2.05, 4.69) is 20.8 Å². The minimum Gasteiger partial charge on any atom is -0.382 e. The minimum absolute atomic E-state index is 0.0882. The summed E-state index contributed by atoms with van der Waals surface area (Å²) in [5.74, 6) is -0.189. The molecule has 0 spiro atoms. The predicted octanol–water partition coefficient (Wildman–Crippen LogP) is 5.16. The number of anilines is 3. The van der Waals surface area contributed by atoms with Crippen LogP contribution >= 0.6 is 0 Å². The van der Waals surface area contributed by atoms with Crippen molar-refractivity contribution in [2.75, 3.05) is 16.4 Å². The van der Waals surface area contributed by atoms with Crippen molar-refractivity contribution in [3.8, 4) is 11.1 Å². The van der Waals surface area contributed by atoms with Crippen molar-refractivity contribution in [3.63, 3.8) is 0 Å². The highest BCUT2D eigenvalue weighted by molar-refractivity contribution is 6.02. The monoisotopic (exact) mass is 389 g/mol. The van der Waals surface area contributed by atoms with Gasteiger partial charge in [0, 0.05) is 5.69 Å². The number of nitrogens with zero attached hydrogens (tertiary/aromatic N) is 1. The number of carbonyl (C=O) groups is 1. The van der Waals surface area contributed by atoms with Gasteiger partial charge in [0.25, 0.3) is 0 Å². The second-order valence-corrected chi connectivity index (χ2v) is 6.66. The van der Waals surface area contributed by atoms with E-state index in [0.717, 1.165) is 28.5 Å². The van der Waals surface area contributed by atoms with Gasteiger partial charge in [-0.25, -0.2) is 9.18 Å². The van der Waals surface area contributed by atoms with E-state index in [1.54, 1.807) is 12.1 Å². The predicted molar refractivity (Wildman–Crippen MR) is 114 cm³/mol. The number of aryl methyl sites for hydroxylation is 1. The first kappa shape index (κ1) is 18.5. The lowest BCUT2D eigenvalue weighted by Crippen LogP contribution is -2.20. The van der Waals surface area contributed by atoms with Crippen molar-refractivity contribution in [3.05, 3.63) is 72.0 Å². The molecule has 0 saturated carbocycles. The van der Waals surface area contributed by atoms with Crippen LogP contribution in [0.15, 0.2) is 60.7 Å². The van der Waals surface area contributed by atoms with Crippen LogP contribution in [-0.4, -0.2) is 16.2 Å². The summed E-state index contributed by atoms with van der Waals surface area (Å²) in [6.07, 6.45) is 0.862. The summed E-state index contributed by atoms with van der Waals surface area (Å²) in [6.45, 7) is 2.04. The number of carbonyl (C=O) groups excluding carboxylic acids is 1. The number of hydrogen-bond donors (Lipinski definition) is 4. The lowest BCUT2D eigenvalue weighted by Gasteiger charge is -2.11. The molecule has 0 aliphatic carbocycles. The van der Waals surface area contributed by atoms with E-state index in [0.29, 0.717) is 17.1 Å². The van der Waals surface area contributed by atoms with Crippen molar-refractivity contribution in [2.24, 2.45) is 0 Å². The molecule has 6 nitrogen and oxygen atoms in total. The zero-order valence-corrected chi connectivity index (χ0v) is 15.8. The third kappa shape index (κ3) is 3.75. The van der Waals surface area contributed by atoms with Crippen LogP contribution in [0.4, 0.5) is 26.4 Å². The number of H-pyrrole nitrogens is 1. The highest BCUT2D eigenvalue weighted by Crippen LogP contribution is 2.32. The number of rotatable bonds is 4. The number of nitrogens with one attached hydrogen (secondary N) is 3. The van der Waals surface area contributed by atoms with Crippen LogP contribution in [0.1, 0.15) is 12.5 Å². The van der Waals surface area contributed by atoms with Crippen molar-refractivity contribution in [2.45, 2.75) is 13.3 Å². The lowest BCUT2D eigenvalue weighted by atomic mass is 10.0. The topological polar surface area (TPSA) is 95.8 Å². The lowest BCUT2D eigenvalue weighted by molar-refractivity contribution is 0.262. The summed E-state index contributed by atoms with van der Waals surface area (Å²) in [7, 11) is 0. The van der Waals surface area contributed by atoms with Crippen LogP contribution in [0.3, 0.4) is 0 Å². The Balaban J connectivity index is 1.55. The number of fused-ring (bicyclic) bond motifs is 1. The first-order valence-electron chi connectivity index (χ1n) is 9.24. The fourth-order valence-electron chi connectivity index (χ4n) is 3.28. The van der Waals surface area contributed by atoms with E-state index in [1.807, 2.05) is 43.3 Å². The summed E-state index contributed by atoms with van der Waals surface area (Å²) < 4.78 is 14.7. The molecule has 5 N–H and O–H groups in total. The van der Waals surface area contributed by atoms with Crippen LogP contribution in [0.5, 0.6) is 0 Å². The van der Waals surface area contributed by atoms with E-state index in [9.17, 15) is 9.18 Å². The molecule has 0 fully saturated rings. The van der Waals surface area contributed by atoms with E-state index >= 15 is 0 Å². The van der Waals surface area contributed by atoms with E-state index in [4.69, 9.17) is 5.73 Å². The molecule has 4 rings (SSSR count). The Kier molecular flexibility index (Phi) is 4.87. The fraction of sp³-hybridized carbons (Fsp3) is 0.0909. The first-order valence-corrected chi connectivity index (χ1v) is 9.24. The molecule has 0 saturated heterocycles. The van der Waals surface area contributed by atoms with Gasteiger partial charge in [0.05, 0.1) is 16.6 Å². The first-order chi connectivity index (χ1) is 14.0. The zero-order chi connectivity index (χ0) is 20.4. The van der Waals surface area contributed by atoms with Gasteiger partial charge in [0.1, 0.15) is 5.82 Å². The Morgan fingerprint density at radius 3 is 2.72 bits per heavy atom. The van der Waals surface area contributed by atoms with Crippen LogP contribution in [-0.2, 0) is 6.42 Å². The summed E-state index contributed by atoms with van der Waals surface area (Å²) in [5, 5.41) is 12.9. The minimum atomic E-state index is -0.543. The van der Waals surface area contributed by atoms with E-state index in [-0.39, 0.29) is 5.69 Å². The number of amides is 2. The van der Waals surface area contributed by atoms with Crippen molar-refractivity contribution in [1.82, 2.24) is 10.2 Å². The molecule has 0 aliphatic rings. The quantitative estimate of drug-likeness (QED) is 0.388. The zero-order valence-electron chi connectivity index (χ0n) is 15.8. The number of aromatic nitrogens is 2. The maximum atomic E-state index is 14.7. The van der Waals surface area contributed by atoms with Crippen LogP contribution < -0.4 is 16.4 Å². The molecule has 7 heteroatoms. The van der Waals surface area contributed by atoms with Gasteiger partial charge in [-0.1, -0.05) is 37.3 Å². The molecule has 0 bridgehead atoms. The molecule has 0 unspecified atom stereocenters.